The van der Waals surface area contributed by atoms with Crippen molar-refractivity contribution in [2.45, 2.75) is 13.8 Å². The third kappa shape index (κ3) is 1.71. The van der Waals surface area contributed by atoms with Gasteiger partial charge in [-0.1, -0.05) is 18.2 Å². The maximum atomic E-state index is 11.1. The normalized spacial score (nSPS) is 10.5. The Bertz CT molecular complexity index is 535. The largest absolute Gasteiger partial charge is 0.453 e. The molecule has 2 aromatic rings. The molecule has 0 spiro atoms. The van der Waals surface area contributed by atoms with Gasteiger partial charge in [0, 0.05) is 12.3 Å². The minimum atomic E-state index is -0.0527. The molecule has 1 aromatic heterocycles. The molecule has 0 aliphatic carbocycles. The van der Waals surface area contributed by atoms with Crippen molar-refractivity contribution < 1.29 is 9.21 Å². The highest BCUT2D eigenvalue weighted by Crippen LogP contribution is 2.23. The summed E-state index contributed by atoms with van der Waals surface area (Å²) in [6.07, 6.45) is 0. The number of carbonyl (C=O) groups is 1. The van der Waals surface area contributed by atoms with Crippen molar-refractivity contribution in [2.75, 3.05) is 0 Å². The first kappa shape index (κ1) is 9.71. The average molecular weight is 200 g/mol. The van der Waals surface area contributed by atoms with Crippen LogP contribution in [0.15, 0.2) is 35.3 Å². The molecule has 0 aliphatic heterocycles. The summed E-state index contributed by atoms with van der Waals surface area (Å²) in [5.74, 6) is 0.354. The highest BCUT2D eigenvalue weighted by Gasteiger charge is 2.07. The molecule has 0 radical (unpaired) electrons. The maximum absolute atomic E-state index is 11.1. The molecule has 0 amide bonds. The zero-order valence-corrected chi connectivity index (χ0v) is 8.83. The van der Waals surface area contributed by atoms with Crippen molar-refractivity contribution in [3.8, 4) is 0 Å². The minimum absolute atomic E-state index is 0.0527. The molecule has 1 heterocycles. The monoisotopic (exact) mass is 200 g/mol. The van der Waals surface area contributed by atoms with Crippen LogP contribution in [0.25, 0.3) is 16.5 Å². The van der Waals surface area contributed by atoms with Gasteiger partial charge in [0.2, 0.25) is 0 Å². The summed E-state index contributed by atoms with van der Waals surface area (Å²) in [6, 6.07) is 7.56. The topological polar surface area (TPSA) is 30.2 Å². The van der Waals surface area contributed by atoms with Gasteiger partial charge in [0.25, 0.3) is 0 Å². The van der Waals surface area contributed by atoms with Gasteiger partial charge in [0.05, 0.1) is 0 Å². The van der Waals surface area contributed by atoms with Gasteiger partial charge in [-0.3, -0.25) is 4.79 Å². The van der Waals surface area contributed by atoms with Crippen LogP contribution in [-0.4, -0.2) is 5.78 Å². The Kier molecular flexibility index (Phi) is 2.19. The molecule has 15 heavy (non-hydrogen) atoms. The molecule has 0 unspecified atom stereocenters. The molecule has 0 fully saturated rings. The van der Waals surface area contributed by atoms with Gasteiger partial charge >= 0.3 is 0 Å². The molecule has 0 N–H and O–H groups in total. The van der Waals surface area contributed by atoms with E-state index in [1.807, 2.05) is 25.1 Å². The summed E-state index contributed by atoms with van der Waals surface area (Å²) in [5, 5.41) is 0.945. The predicted octanol–water partition coefficient (Wildman–Crippen LogP) is 3.67. The van der Waals surface area contributed by atoms with E-state index in [2.05, 4.69) is 6.58 Å². The number of carbonyl (C=O) groups excluding carboxylic acids is 1. The van der Waals surface area contributed by atoms with Crippen molar-refractivity contribution in [1.29, 1.82) is 0 Å². The lowest BCUT2D eigenvalue weighted by molar-refractivity contribution is 0.0989. The van der Waals surface area contributed by atoms with Crippen LogP contribution in [0.4, 0.5) is 0 Å². The van der Waals surface area contributed by atoms with Crippen molar-refractivity contribution >= 4 is 22.3 Å². The second-order valence-electron chi connectivity index (χ2n) is 3.70. The molecule has 2 rings (SSSR count). The van der Waals surface area contributed by atoms with Gasteiger partial charge in [0.1, 0.15) is 5.58 Å². The van der Waals surface area contributed by atoms with Crippen molar-refractivity contribution in [1.82, 2.24) is 0 Å². The molecule has 0 saturated carbocycles. The first-order valence-electron chi connectivity index (χ1n) is 4.78. The van der Waals surface area contributed by atoms with Crippen LogP contribution in [0, 0.1) is 0 Å². The van der Waals surface area contributed by atoms with Gasteiger partial charge in [-0.15, -0.1) is 0 Å². The fraction of sp³-hybridized carbons (Fsp3) is 0.154. The average Bonchev–Trinajstić information content (AvgIpc) is 2.59. The number of fused-ring (bicyclic) bond motifs is 1. The second-order valence-corrected chi connectivity index (χ2v) is 3.70. The van der Waals surface area contributed by atoms with E-state index in [4.69, 9.17) is 4.42 Å². The Labute approximate surface area is 88.2 Å². The summed E-state index contributed by atoms with van der Waals surface area (Å²) in [7, 11) is 0. The molecule has 2 heteroatoms. The first-order chi connectivity index (χ1) is 7.08. The molecule has 0 saturated heterocycles. The quantitative estimate of drug-likeness (QED) is 0.692. The van der Waals surface area contributed by atoms with Crippen LogP contribution in [0.2, 0.25) is 0 Å². The standard InChI is InChI=1S/C13H12O2/c1-8(2)10-4-5-12-11(6-10)7-13(15-12)9(3)14/h4-7H,1H2,2-3H3. The molecule has 0 atom stereocenters. The van der Waals surface area contributed by atoms with Gasteiger partial charge < -0.3 is 4.42 Å². The summed E-state index contributed by atoms with van der Waals surface area (Å²) in [4.78, 5) is 11.1. The molecular weight excluding hydrogens is 188 g/mol. The van der Waals surface area contributed by atoms with Crippen molar-refractivity contribution in [2.24, 2.45) is 0 Å². The minimum Gasteiger partial charge on any atom is -0.453 e. The highest BCUT2D eigenvalue weighted by molar-refractivity contribution is 5.96. The number of furan rings is 1. The lowest BCUT2D eigenvalue weighted by Crippen LogP contribution is -1.85. The van der Waals surface area contributed by atoms with Gasteiger partial charge in [0.15, 0.2) is 11.5 Å². The molecule has 76 valence electrons. The smallest absolute Gasteiger partial charge is 0.194 e. The van der Waals surface area contributed by atoms with E-state index in [-0.39, 0.29) is 5.78 Å². The number of rotatable bonds is 2. The Morgan fingerprint density at radius 3 is 2.60 bits per heavy atom. The van der Waals surface area contributed by atoms with E-state index in [0.717, 1.165) is 22.1 Å². The van der Waals surface area contributed by atoms with E-state index >= 15 is 0 Å². The SMILES string of the molecule is C=C(C)c1ccc2oc(C(C)=O)cc2c1. The molecular formula is C13H12O2. The van der Waals surface area contributed by atoms with Crippen LogP contribution >= 0.6 is 0 Å². The van der Waals surface area contributed by atoms with Gasteiger partial charge in [-0.05, 0) is 30.7 Å². The molecule has 0 bridgehead atoms. The lowest BCUT2D eigenvalue weighted by atomic mass is 10.1. The Balaban J connectivity index is 2.62. The fourth-order valence-electron chi connectivity index (χ4n) is 1.48. The fourth-order valence-corrected chi connectivity index (χ4v) is 1.48. The Morgan fingerprint density at radius 1 is 1.27 bits per heavy atom. The predicted molar refractivity (Wildman–Crippen MR) is 60.9 cm³/mol. The lowest BCUT2D eigenvalue weighted by Gasteiger charge is -1.97. The first-order valence-corrected chi connectivity index (χ1v) is 4.78. The molecule has 1 aromatic carbocycles. The number of ketones is 1. The summed E-state index contributed by atoms with van der Waals surface area (Å²) in [6.45, 7) is 7.33. The van der Waals surface area contributed by atoms with Crippen LogP contribution in [0.1, 0.15) is 30.0 Å². The summed E-state index contributed by atoms with van der Waals surface area (Å²) in [5.41, 5.74) is 2.81. The molecule has 0 aliphatic rings. The summed E-state index contributed by atoms with van der Waals surface area (Å²) >= 11 is 0. The van der Waals surface area contributed by atoms with E-state index in [1.165, 1.54) is 6.92 Å². The Hall–Kier alpha value is -1.83. The number of Topliss-reactive ketones (excluding diaryl/α,β-unsaturated/α-hetero) is 1. The van der Waals surface area contributed by atoms with Gasteiger partial charge in [-0.2, -0.15) is 0 Å². The second kappa shape index (κ2) is 3.39. The van der Waals surface area contributed by atoms with Crippen LogP contribution < -0.4 is 0 Å². The summed E-state index contributed by atoms with van der Waals surface area (Å²) < 4.78 is 5.38. The Morgan fingerprint density at radius 2 is 2.00 bits per heavy atom. The van der Waals surface area contributed by atoms with Crippen LogP contribution in [0.3, 0.4) is 0 Å². The zero-order valence-electron chi connectivity index (χ0n) is 8.83. The van der Waals surface area contributed by atoms with Gasteiger partial charge in [-0.25, -0.2) is 0 Å². The third-order valence-electron chi connectivity index (χ3n) is 2.36. The van der Waals surface area contributed by atoms with E-state index in [1.54, 1.807) is 6.07 Å². The van der Waals surface area contributed by atoms with E-state index in [0.29, 0.717) is 5.76 Å². The molecule has 2 nitrogen and oxygen atoms in total. The number of allylic oxidation sites excluding steroid dienone is 1. The van der Waals surface area contributed by atoms with Crippen molar-refractivity contribution in [3.05, 3.63) is 42.2 Å². The van der Waals surface area contributed by atoms with E-state index in [9.17, 15) is 4.79 Å². The zero-order chi connectivity index (χ0) is 11.0. The highest BCUT2D eigenvalue weighted by atomic mass is 16.3. The maximum Gasteiger partial charge on any atom is 0.194 e. The van der Waals surface area contributed by atoms with Crippen molar-refractivity contribution in [3.63, 3.8) is 0 Å². The number of hydrogen-bond acceptors (Lipinski definition) is 2. The number of benzene rings is 1. The van der Waals surface area contributed by atoms with E-state index < -0.39 is 0 Å². The van der Waals surface area contributed by atoms with Crippen LogP contribution in [0.5, 0.6) is 0 Å². The van der Waals surface area contributed by atoms with Crippen LogP contribution in [-0.2, 0) is 0 Å². The number of hydrogen-bond donors (Lipinski definition) is 0. The third-order valence-corrected chi connectivity index (χ3v) is 2.36.